The van der Waals surface area contributed by atoms with Gasteiger partial charge >= 0.3 is 0 Å². The first-order valence-electron chi connectivity index (χ1n) is 6.04. The maximum absolute atomic E-state index is 4.46. The first kappa shape index (κ1) is 11.9. The van der Waals surface area contributed by atoms with Gasteiger partial charge in [0.25, 0.3) is 0 Å². The standard InChI is InChI=1S/C11H20N4S/c1-3-10-13-11(15-14-10)8(2)12-9-5-4-6-16-7-9/h8-9,12H,3-7H2,1-2H3,(H,13,14,15). The molecule has 1 aliphatic heterocycles. The fourth-order valence-corrected chi connectivity index (χ4v) is 3.05. The normalized spacial score (nSPS) is 23.2. The number of hydrogen-bond acceptors (Lipinski definition) is 4. The van der Waals surface area contributed by atoms with Crippen LogP contribution in [0.25, 0.3) is 0 Å². The third-order valence-electron chi connectivity index (χ3n) is 2.92. The Morgan fingerprint density at radius 2 is 2.50 bits per heavy atom. The molecule has 1 aliphatic rings. The van der Waals surface area contributed by atoms with E-state index in [1.54, 1.807) is 0 Å². The molecule has 1 aromatic heterocycles. The Morgan fingerprint density at radius 3 is 3.12 bits per heavy atom. The van der Waals surface area contributed by atoms with Crippen molar-refractivity contribution in [2.75, 3.05) is 11.5 Å². The van der Waals surface area contributed by atoms with Crippen molar-refractivity contribution in [1.29, 1.82) is 0 Å². The second-order valence-corrected chi connectivity index (χ2v) is 5.45. The number of aryl methyl sites for hydroxylation is 1. The number of aromatic nitrogens is 3. The zero-order valence-corrected chi connectivity index (χ0v) is 10.8. The van der Waals surface area contributed by atoms with Crippen molar-refractivity contribution in [2.45, 2.75) is 45.2 Å². The molecule has 0 amide bonds. The molecule has 0 bridgehead atoms. The lowest BCUT2D eigenvalue weighted by Crippen LogP contribution is -2.36. The molecule has 2 unspecified atom stereocenters. The van der Waals surface area contributed by atoms with E-state index < -0.39 is 0 Å². The molecule has 1 saturated heterocycles. The molecule has 5 heteroatoms. The van der Waals surface area contributed by atoms with E-state index in [0.29, 0.717) is 6.04 Å². The Balaban J connectivity index is 1.88. The lowest BCUT2D eigenvalue weighted by Gasteiger charge is -2.25. The van der Waals surface area contributed by atoms with Gasteiger partial charge in [-0.15, -0.1) is 0 Å². The molecular weight excluding hydrogens is 220 g/mol. The molecular formula is C11H20N4S. The van der Waals surface area contributed by atoms with Crippen LogP contribution in [0.2, 0.25) is 0 Å². The van der Waals surface area contributed by atoms with E-state index >= 15 is 0 Å². The number of nitrogens with zero attached hydrogens (tertiary/aromatic N) is 2. The van der Waals surface area contributed by atoms with Crippen molar-refractivity contribution in [1.82, 2.24) is 20.5 Å². The SMILES string of the molecule is CCc1nc(C(C)NC2CCCSC2)n[nH]1. The molecule has 2 rings (SSSR count). The topological polar surface area (TPSA) is 53.6 Å². The Morgan fingerprint density at radius 1 is 1.62 bits per heavy atom. The van der Waals surface area contributed by atoms with Crippen LogP contribution in [0, 0.1) is 0 Å². The third-order valence-corrected chi connectivity index (χ3v) is 4.13. The first-order valence-corrected chi connectivity index (χ1v) is 7.20. The predicted octanol–water partition coefficient (Wildman–Crippen LogP) is 1.91. The summed E-state index contributed by atoms with van der Waals surface area (Å²) in [6.07, 6.45) is 3.52. The Labute approximate surface area is 101 Å². The molecule has 4 nitrogen and oxygen atoms in total. The van der Waals surface area contributed by atoms with Crippen LogP contribution in [0.15, 0.2) is 0 Å². The minimum atomic E-state index is 0.250. The van der Waals surface area contributed by atoms with Crippen molar-refractivity contribution < 1.29 is 0 Å². The molecule has 16 heavy (non-hydrogen) atoms. The van der Waals surface area contributed by atoms with Gasteiger partial charge in [0.2, 0.25) is 0 Å². The Hall–Kier alpha value is -0.550. The maximum Gasteiger partial charge on any atom is 0.167 e. The van der Waals surface area contributed by atoms with E-state index in [0.717, 1.165) is 18.1 Å². The number of aromatic amines is 1. The Bertz CT molecular complexity index is 320. The van der Waals surface area contributed by atoms with Crippen LogP contribution in [0.1, 0.15) is 44.4 Å². The van der Waals surface area contributed by atoms with Crippen LogP contribution in [0.3, 0.4) is 0 Å². The van der Waals surface area contributed by atoms with Crippen molar-refractivity contribution in [3.05, 3.63) is 11.6 Å². The minimum absolute atomic E-state index is 0.250. The van der Waals surface area contributed by atoms with E-state index in [4.69, 9.17) is 0 Å². The van der Waals surface area contributed by atoms with Gasteiger partial charge in [0.1, 0.15) is 5.82 Å². The van der Waals surface area contributed by atoms with Crippen molar-refractivity contribution in [3.63, 3.8) is 0 Å². The first-order chi connectivity index (χ1) is 7.79. The highest BCUT2D eigenvalue weighted by Crippen LogP contribution is 2.19. The maximum atomic E-state index is 4.46. The van der Waals surface area contributed by atoms with Gasteiger partial charge in [0.15, 0.2) is 5.82 Å². The molecule has 1 fully saturated rings. The van der Waals surface area contributed by atoms with E-state index in [1.165, 1.54) is 24.3 Å². The monoisotopic (exact) mass is 240 g/mol. The van der Waals surface area contributed by atoms with Gasteiger partial charge < -0.3 is 5.32 Å². The van der Waals surface area contributed by atoms with E-state index in [9.17, 15) is 0 Å². The van der Waals surface area contributed by atoms with Crippen molar-refractivity contribution in [3.8, 4) is 0 Å². The lowest BCUT2D eigenvalue weighted by atomic mass is 10.1. The van der Waals surface area contributed by atoms with Crippen molar-refractivity contribution in [2.24, 2.45) is 0 Å². The largest absolute Gasteiger partial charge is 0.304 e. The summed E-state index contributed by atoms with van der Waals surface area (Å²) in [6, 6.07) is 0.873. The Kier molecular flexibility index (Phi) is 4.23. The van der Waals surface area contributed by atoms with Gasteiger partial charge in [-0.3, -0.25) is 5.10 Å². The molecule has 0 saturated carbocycles. The van der Waals surface area contributed by atoms with Crippen LogP contribution < -0.4 is 5.32 Å². The smallest absolute Gasteiger partial charge is 0.167 e. The number of hydrogen-bond donors (Lipinski definition) is 2. The molecule has 0 aromatic carbocycles. The summed E-state index contributed by atoms with van der Waals surface area (Å²) in [6.45, 7) is 4.22. The van der Waals surface area contributed by atoms with Crippen LogP contribution in [-0.4, -0.2) is 32.7 Å². The summed E-state index contributed by atoms with van der Waals surface area (Å²) in [5.74, 6) is 4.40. The summed E-state index contributed by atoms with van der Waals surface area (Å²) < 4.78 is 0. The van der Waals surface area contributed by atoms with Gasteiger partial charge in [0.05, 0.1) is 6.04 Å². The zero-order valence-electron chi connectivity index (χ0n) is 9.99. The van der Waals surface area contributed by atoms with Gasteiger partial charge in [0, 0.05) is 18.2 Å². The highest BCUT2D eigenvalue weighted by Gasteiger charge is 2.18. The number of thioether (sulfide) groups is 1. The molecule has 0 radical (unpaired) electrons. The molecule has 0 spiro atoms. The van der Waals surface area contributed by atoms with E-state index in [2.05, 4.69) is 34.3 Å². The number of rotatable bonds is 4. The van der Waals surface area contributed by atoms with E-state index in [1.807, 2.05) is 11.8 Å². The van der Waals surface area contributed by atoms with Crippen molar-refractivity contribution >= 4 is 11.8 Å². The quantitative estimate of drug-likeness (QED) is 0.844. The van der Waals surface area contributed by atoms with Gasteiger partial charge in [-0.05, 0) is 25.5 Å². The highest BCUT2D eigenvalue weighted by molar-refractivity contribution is 7.99. The molecule has 0 aliphatic carbocycles. The van der Waals surface area contributed by atoms with Crippen LogP contribution in [0.4, 0.5) is 0 Å². The fourth-order valence-electron chi connectivity index (χ4n) is 1.96. The zero-order chi connectivity index (χ0) is 11.4. The lowest BCUT2D eigenvalue weighted by molar-refractivity contribution is 0.440. The number of H-pyrrole nitrogens is 1. The van der Waals surface area contributed by atoms with Crippen LogP contribution in [0.5, 0.6) is 0 Å². The molecule has 2 heterocycles. The van der Waals surface area contributed by atoms with Crippen LogP contribution >= 0.6 is 11.8 Å². The van der Waals surface area contributed by atoms with Gasteiger partial charge in [-0.1, -0.05) is 6.92 Å². The average Bonchev–Trinajstić information content (AvgIpc) is 2.79. The molecule has 2 atom stereocenters. The summed E-state index contributed by atoms with van der Waals surface area (Å²) >= 11 is 2.04. The summed E-state index contributed by atoms with van der Waals surface area (Å²) in [4.78, 5) is 4.46. The number of nitrogens with one attached hydrogen (secondary N) is 2. The van der Waals surface area contributed by atoms with Gasteiger partial charge in [-0.25, -0.2) is 4.98 Å². The average molecular weight is 240 g/mol. The second kappa shape index (κ2) is 5.68. The fraction of sp³-hybridized carbons (Fsp3) is 0.818. The summed E-state index contributed by atoms with van der Waals surface area (Å²) in [5.41, 5.74) is 0. The summed E-state index contributed by atoms with van der Waals surface area (Å²) in [5, 5.41) is 10.8. The van der Waals surface area contributed by atoms with E-state index in [-0.39, 0.29) is 6.04 Å². The second-order valence-electron chi connectivity index (χ2n) is 4.30. The predicted molar refractivity (Wildman–Crippen MR) is 67.7 cm³/mol. The molecule has 90 valence electrons. The molecule has 1 aromatic rings. The van der Waals surface area contributed by atoms with Crippen LogP contribution in [-0.2, 0) is 6.42 Å². The summed E-state index contributed by atoms with van der Waals surface area (Å²) in [7, 11) is 0. The van der Waals surface area contributed by atoms with Gasteiger partial charge in [-0.2, -0.15) is 16.9 Å². The minimum Gasteiger partial charge on any atom is -0.304 e. The third kappa shape index (κ3) is 2.98. The molecule has 2 N–H and O–H groups in total. The highest BCUT2D eigenvalue weighted by atomic mass is 32.2.